The summed E-state index contributed by atoms with van der Waals surface area (Å²) in [5.41, 5.74) is 1.92. The van der Waals surface area contributed by atoms with Gasteiger partial charge in [-0.3, -0.25) is 4.79 Å². The number of para-hydroxylation sites is 1. The maximum Gasteiger partial charge on any atom is 0.247 e. The first kappa shape index (κ1) is 11.5. The number of anilines is 2. The van der Waals surface area contributed by atoms with Gasteiger partial charge in [0.2, 0.25) is 5.91 Å². The van der Waals surface area contributed by atoms with Crippen LogP contribution in [-0.4, -0.2) is 11.9 Å². The minimum atomic E-state index is -0.221. The Bertz CT molecular complexity index is 490. The highest BCUT2D eigenvalue weighted by atomic mass is 16.2. The summed E-state index contributed by atoms with van der Waals surface area (Å²) in [5.74, 6) is 0.198. The molecule has 1 aliphatic rings. The average Bonchev–Trinajstić information content (AvgIpc) is 2.36. The topological polar surface area (TPSA) is 64.9 Å². The van der Waals surface area contributed by atoms with Crippen molar-refractivity contribution >= 4 is 17.3 Å². The minimum Gasteiger partial charge on any atom is -0.372 e. The van der Waals surface area contributed by atoms with Gasteiger partial charge in [-0.05, 0) is 18.1 Å². The van der Waals surface area contributed by atoms with E-state index in [0.717, 1.165) is 12.1 Å². The third-order valence-electron chi connectivity index (χ3n) is 3.24. The molecule has 0 spiro atoms. The summed E-state index contributed by atoms with van der Waals surface area (Å²) in [6.07, 6.45) is 0.929. The Hall–Kier alpha value is -2.02. The van der Waals surface area contributed by atoms with Gasteiger partial charge in [0, 0.05) is 0 Å². The number of benzene rings is 1. The van der Waals surface area contributed by atoms with Crippen LogP contribution in [0.3, 0.4) is 0 Å². The summed E-state index contributed by atoms with van der Waals surface area (Å²) in [6.45, 7) is 4.09. The molecule has 1 aromatic rings. The molecule has 88 valence electrons. The van der Waals surface area contributed by atoms with E-state index in [1.165, 1.54) is 0 Å². The molecular formula is C13H15N3O. The van der Waals surface area contributed by atoms with E-state index in [4.69, 9.17) is 5.26 Å². The molecular weight excluding hydrogens is 214 g/mol. The molecule has 17 heavy (non-hydrogen) atoms. The lowest BCUT2D eigenvalue weighted by Crippen LogP contribution is -2.43. The van der Waals surface area contributed by atoms with E-state index >= 15 is 0 Å². The summed E-state index contributed by atoms with van der Waals surface area (Å²) >= 11 is 0. The van der Waals surface area contributed by atoms with E-state index in [0.29, 0.717) is 11.3 Å². The van der Waals surface area contributed by atoms with E-state index in [-0.39, 0.29) is 17.9 Å². The van der Waals surface area contributed by atoms with Crippen molar-refractivity contribution in [2.24, 2.45) is 5.92 Å². The molecule has 1 heterocycles. The second-order valence-electron chi connectivity index (χ2n) is 4.34. The number of amides is 1. The summed E-state index contributed by atoms with van der Waals surface area (Å²) in [4.78, 5) is 11.9. The highest BCUT2D eigenvalue weighted by molar-refractivity contribution is 6.04. The molecule has 0 saturated carbocycles. The normalized spacial score (nSPS) is 19.6. The van der Waals surface area contributed by atoms with Crippen molar-refractivity contribution in [1.29, 1.82) is 5.26 Å². The molecule has 2 rings (SSSR count). The first-order chi connectivity index (χ1) is 8.17. The zero-order chi connectivity index (χ0) is 12.4. The molecule has 0 bridgehead atoms. The van der Waals surface area contributed by atoms with Crippen molar-refractivity contribution in [3.63, 3.8) is 0 Å². The molecule has 2 atom stereocenters. The van der Waals surface area contributed by atoms with Crippen LogP contribution < -0.4 is 10.6 Å². The fourth-order valence-corrected chi connectivity index (χ4v) is 1.97. The number of fused-ring (bicyclic) bond motifs is 1. The van der Waals surface area contributed by atoms with Gasteiger partial charge >= 0.3 is 0 Å². The van der Waals surface area contributed by atoms with Crippen LogP contribution in [0.1, 0.15) is 25.8 Å². The van der Waals surface area contributed by atoms with Crippen LogP contribution in [0.25, 0.3) is 0 Å². The van der Waals surface area contributed by atoms with Crippen molar-refractivity contribution in [2.75, 3.05) is 10.6 Å². The van der Waals surface area contributed by atoms with Crippen molar-refractivity contribution in [2.45, 2.75) is 26.3 Å². The van der Waals surface area contributed by atoms with Crippen LogP contribution in [0, 0.1) is 17.2 Å². The average molecular weight is 229 g/mol. The molecule has 4 heteroatoms. The highest BCUT2D eigenvalue weighted by Gasteiger charge is 2.30. The molecule has 0 radical (unpaired) electrons. The predicted molar refractivity (Wildman–Crippen MR) is 66.7 cm³/mol. The summed E-state index contributed by atoms with van der Waals surface area (Å²) in [7, 11) is 0. The van der Waals surface area contributed by atoms with Crippen LogP contribution in [0.15, 0.2) is 18.2 Å². The van der Waals surface area contributed by atoms with Gasteiger partial charge in [-0.25, -0.2) is 0 Å². The van der Waals surface area contributed by atoms with Gasteiger partial charge in [-0.1, -0.05) is 26.3 Å². The van der Waals surface area contributed by atoms with E-state index in [1.54, 1.807) is 6.07 Å². The van der Waals surface area contributed by atoms with Crippen molar-refractivity contribution < 1.29 is 4.79 Å². The van der Waals surface area contributed by atoms with Crippen LogP contribution >= 0.6 is 0 Å². The SMILES string of the molecule is CCC(C)C1Nc2cccc(C#N)c2NC1=O. The molecule has 2 N–H and O–H groups in total. The number of nitriles is 1. The van der Waals surface area contributed by atoms with Gasteiger partial charge in [0.25, 0.3) is 0 Å². The van der Waals surface area contributed by atoms with Crippen LogP contribution in [0.2, 0.25) is 0 Å². The number of carbonyl (C=O) groups is 1. The minimum absolute atomic E-state index is 0.0606. The number of nitrogens with one attached hydrogen (secondary N) is 2. The molecule has 4 nitrogen and oxygen atoms in total. The lowest BCUT2D eigenvalue weighted by molar-refractivity contribution is -0.118. The van der Waals surface area contributed by atoms with Crippen molar-refractivity contribution in [3.8, 4) is 6.07 Å². The van der Waals surface area contributed by atoms with Gasteiger partial charge in [-0.2, -0.15) is 5.26 Å². The van der Waals surface area contributed by atoms with Crippen LogP contribution in [0.4, 0.5) is 11.4 Å². The van der Waals surface area contributed by atoms with E-state index in [1.807, 2.05) is 19.1 Å². The number of hydrogen-bond donors (Lipinski definition) is 2. The number of hydrogen-bond acceptors (Lipinski definition) is 3. The highest BCUT2D eigenvalue weighted by Crippen LogP contribution is 2.31. The molecule has 1 aromatic carbocycles. The van der Waals surface area contributed by atoms with Crippen LogP contribution in [-0.2, 0) is 4.79 Å². The third-order valence-corrected chi connectivity index (χ3v) is 3.24. The summed E-state index contributed by atoms with van der Waals surface area (Å²) in [5, 5.41) is 15.0. The summed E-state index contributed by atoms with van der Waals surface area (Å²) in [6, 6.07) is 7.25. The zero-order valence-electron chi connectivity index (χ0n) is 9.95. The lowest BCUT2D eigenvalue weighted by Gasteiger charge is -2.30. The van der Waals surface area contributed by atoms with Gasteiger partial charge in [-0.15, -0.1) is 0 Å². The maximum atomic E-state index is 11.9. The van der Waals surface area contributed by atoms with Crippen LogP contribution in [0.5, 0.6) is 0 Å². The van der Waals surface area contributed by atoms with Crippen molar-refractivity contribution in [3.05, 3.63) is 23.8 Å². The smallest absolute Gasteiger partial charge is 0.247 e. The fraction of sp³-hybridized carbons (Fsp3) is 0.385. The predicted octanol–water partition coefficient (Wildman–Crippen LogP) is 2.34. The van der Waals surface area contributed by atoms with Gasteiger partial charge in [0.15, 0.2) is 0 Å². The Morgan fingerprint density at radius 1 is 1.53 bits per heavy atom. The molecule has 1 amide bonds. The Labute approximate surface area is 101 Å². The molecule has 0 saturated heterocycles. The Kier molecular flexibility index (Phi) is 3.01. The first-order valence-corrected chi connectivity index (χ1v) is 5.78. The number of rotatable bonds is 2. The Morgan fingerprint density at radius 2 is 2.29 bits per heavy atom. The molecule has 0 fully saturated rings. The lowest BCUT2D eigenvalue weighted by atomic mass is 9.95. The standard InChI is InChI=1S/C13H15N3O/c1-3-8(2)11-13(17)16-12-9(7-14)5-4-6-10(12)15-11/h4-6,8,11,15H,3H2,1-2H3,(H,16,17). The second kappa shape index (κ2) is 4.46. The largest absolute Gasteiger partial charge is 0.372 e. The molecule has 1 aliphatic heterocycles. The van der Waals surface area contributed by atoms with Gasteiger partial charge in [0.1, 0.15) is 12.1 Å². The number of nitrogens with zero attached hydrogens (tertiary/aromatic N) is 1. The summed E-state index contributed by atoms with van der Waals surface area (Å²) < 4.78 is 0. The van der Waals surface area contributed by atoms with E-state index < -0.39 is 0 Å². The maximum absolute atomic E-state index is 11.9. The Balaban J connectivity index is 2.37. The zero-order valence-corrected chi connectivity index (χ0v) is 9.95. The first-order valence-electron chi connectivity index (χ1n) is 5.78. The van der Waals surface area contributed by atoms with E-state index in [2.05, 4.69) is 23.6 Å². The monoisotopic (exact) mass is 229 g/mol. The fourth-order valence-electron chi connectivity index (χ4n) is 1.97. The van der Waals surface area contributed by atoms with Gasteiger partial charge in [0.05, 0.1) is 16.9 Å². The number of carbonyl (C=O) groups excluding carboxylic acids is 1. The second-order valence-corrected chi connectivity index (χ2v) is 4.34. The third kappa shape index (κ3) is 1.96. The molecule has 2 unspecified atom stereocenters. The van der Waals surface area contributed by atoms with Gasteiger partial charge < -0.3 is 10.6 Å². The van der Waals surface area contributed by atoms with Crippen molar-refractivity contribution in [1.82, 2.24) is 0 Å². The molecule has 0 aromatic heterocycles. The Morgan fingerprint density at radius 3 is 2.94 bits per heavy atom. The quantitative estimate of drug-likeness (QED) is 0.818. The van der Waals surface area contributed by atoms with E-state index in [9.17, 15) is 4.79 Å². The molecule has 0 aliphatic carbocycles.